The predicted octanol–water partition coefficient (Wildman–Crippen LogP) is 2.83. The Balaban J connectivity index is 2.86. The summed E-state index contributed by atoms with van der Waals surface area (Å²) in [6, 6.07) is 5.24. The van der Waals surface area contributed by atoms with Gasteiger partial charge in [0.15, 0.2) is 6.29 Å². The molecule has 0 saturated heterocycles. The molecule has 0 heterocycles. The third-order valence-electron chi connectivity index (χ3n) is 1.94. The molecule has 1 aromatic carbocycles. The summed E-state index contributed by atoms with van der Waals surface area (Å²) in [4.78, 5) is 13.4. The van der Waals surface area contributed by atoms with Crippen LogP contribution in [0.5, 0.6) is 5.75 Å². The zero-order chi connectivity index (χ0) is 11.8. The molecule has 0 N–H and O–H groups in total. The van der Waals surface area contributed by atoms with E-state index in [1.807, 2.05) is 6.07 Å². The van der Waals surface area contributed by atoms with Crippen LogP contribution in [0.25, 0.3) is 16.5 Å². The summed E-state index contributed by atoms with van der Waals surface area (Å²) >= 11 is 0. The molecule has 1 aromatic rings. The summed E-state index contributed by atoms with van der Waals surface area (Å²) in [5, 5.41) is 3.36. The zero-order valence-electron chi connectivity index (χ0n) is 8.83. The van der Waals surface area contributed by atoms with Crippen LogP contribution in [-0.4, -0.2) is 19.9 Å². The van der Waals surface area contributed by atoms with Crippen molar-refractivity contribution in [1.82, 2.24) is 0 Å². The monoisotopic (exact) mass is 217 g/mol. The van der Waals surface area contributed by atoms with Gasteiger partial charge in [0.1, 0.15) is 5.75 Å². The molecule has 0 bridgehead atoms. The maximum atomic E-state index is 10.7. The number of carbonyl (C=O) groups excluding carboxylic acids is 1. The van der Waals surface area contributed by atoms with Crippen LogP contribution >= 0.6 is 0 Å². The zero-order valence-corrected chi connectivity index (χ0v) is 8.83. The Morgan fingerprint density at radius 2 is 2.38 bits per heavy atom. The van der Waals surface area contributed by atoms with E-state index in [2.05, 4.69) is 10.0 Å². The number of carbonyl (C=O) groups is 1. The molecule has 5 nitrogen and oxygen atoms in total. The minimum atomic E-state index is 0.291. The molecule has 0 spiro atoms. The summed E-state index contributed by atoms with van der Waals surface area (Å²) in [7, 11) is 1.51. The second-order valence-electron chi connectivity index (χ2n) is 2.94. The summed E-state index contributed by atoms with van der Waals surface area (Å²) < 4.78 is 5.01. The van der Waals surface area contributed by atoms with Crippen molar-refractivity contribution in [3.05, 3.63) is 45.8 Å². The van der Waals surface area contributed by atoms with E-state index in [1.54, 1.807) is 24.3 Å². The van der Waals surface area contributed by atoms with Gasteiger partial charge in [-0.2, -0.15) is 0 Å². The Morgan fingerprint density at radius 3 is 3.00 bits per heavy atom. The molecule has 0 atom stereocenters. The van der Waals surface area contributed by atoms with Crippen molar-refractivity contribution in [2.45, 2.75) is 0 Å². The van der Waals surface area contributed by atoms with Gasteiger partial charge < -0.3 is 4.74 Å². The highest BCUT2D eigenvalue weighted by Gasteiger charge is 2.00. The van der Waals surface area contributed by atoms with Crippen molar-refractivity contribution in [3.8, 4) is 5.75 Å². The second-order valence-corrected chi connectivity index (χ2v) is 2.94. The summed E-state index contributed by atoms with van der Waals surface area (Å²) in [6.45, 7) is 0.291. The number of azide groups is 1. The Bertz CT molecular complexity index is 449. The third-order valence-corrected chi connectivity index (χ3v) is 1.94. The topological polar surface area (TPSA) is 75.1 Å². The highest BCUT2D eigenvalue weighted by molar-refractivity contribution is 5.80. The van der Waals surface area contributed by atoms with Gasteiger partial charge in [-0.3, -0.25) is 4.79 Å². The number of rotatable bonds is 5. The van der Waals surface area contributed by atoms with Crippen LogP contribution in [0.2, 0.25) is 0 Å². The van der Waals surface area contributed by atoms with Crippen LogP contribution < -0.4 is 4.74 Å². The first-order chi connectivity index (χ1) is 7.81. The van der Waals surface area contributed by atoms with Gasteiger partial charge in [0, 0.05) is 11.5 Å². The lowest BCUT2D eigenvalue weighted by Crippen LogP contribution is -1.90. The lowest BCUT2D eigenvalue weighted by atomic mass is 10.1. The summed E-state index contributed by atoms with van der Waals surface area (Å²) in [6.07, 6.45) is 4.24. The Hall–Kier alpha value is -2.26. The molecule has 82 valence electrons. The lowest BCUT2D eigenvalue weighted by Gasteiger charge is -2.03. The molecule has 0 aliphatic carbocycles. The lowest BCUT2D eigenvalue weighted by molar-refractivity contribution is 0.112. The second kappa shape index (κ2) is 6.27. The van der Waals surface area contributed by atoms with Gasteiger partial charge in [0.2, 0.25) is 0 Å². The fourth-order valence-electron chi connectivity index (χ4n) is 1.22. The first-order valence-corrected chi connectivity index (χ1v) is 4.62. The van der Waals surface area contributed by atoms with Crippen molar-refractivity contribution in [1.29, 1.82) is 0 Å². The van der Waals surface area contributed by atoms with Gasteiger partial charge in [-0.25, -0.2) is 0 Å². The molecule has 1 rings (SSSR count). The van der Waals surface area contributed by atoms with Gasteiger partial charge in [0.25, 0.3) is 0 Å². The molecule has 5 heteroatoms. The predicted molar refractivity (Wildman–Crippen MR) is 61.4 cm³/mol. The number of aldehydes is 1. The summed E-state index contributed by atoms with van der Waals surface area (Å²) in [5.41, 5.74) is 9.43. The van der Waals surface area contributed by atoms with Crippen molar-refractivity contribution in [2.75, 3.05) is 13.7 Å². The molecule has 0 aliphatic rings. The normalized spacial score (nSPS) is 9.81. The summed E-state index contributed by atoms with van der Waals surface area (Å²) in [5.74, 6) is 0.544. The molecule has 0 aliphatic heterocycles. The van der Waals surface area contributed by atoms with E-state index in [9.17, 15) is 4.79 Å². The third kappa shape index (κ3) is 3.15. The quantitative estimate of drug-likeness (QED) is 0.329. The smallest absolute Gasteiger partial charge is 0.153 e. The Morgan fingerprint density at radius 1 is 1.56 bits per heavy atom. The number of benzene rings is 1. The standard InChI is InChI=1S/C11H11N3O2/c1-16-11-5-4-9(7-10(11)8-15)3-2-6-13-14-12/h2-5,7-8H,6H2,1H3. The largest absolute Gasteiger partial charge is 0.496 e. The highest BCUT2D eigenvalue weighted by atomic mass is 16.5. The van der Waals surface area contributed by atoms with E-state index in [4.69, 9.17) is 10.3 Å². The molecule has 0 radical (unpaired) electrons. The van der Waals surface area contributed by atoms with E-state index in [1.165, 1.54) is 7.11 Å². The van der Waals surface area contributed by atoms with Gasteiger partial charge >= 0.3 is 0 Å². The SMILES string of the molecule is COc1ccc(C=CCN=[N+]=[N-])cc1C=O. The van der Waals surface area contributed by atoms with Gasteiger partial charge in [-0.15, -0.1) is 0 Å². The fraction of sp³-hybridized carbons (Fsp3) is 0.182. The average Bonchev–Trinajstić information content (AvgIpc) is 2.34. The fourth-order valence-corrected chi connectivity index (χ4v) is 1.22. The van der Waals surface area contributed by atoms with Crippen LogP contribution in [0.15, 0.2) is 29.4 Å². The first-order valence-electron chi connectivity index (χ1n) is 4.62. The van der Waals surface area contributed by atoms with E-state index in [-0.39, 0.29) is 0 Å². The van der Waals surface area contributed by atoms with Crippen molar-refractivity contribution < 1.29 is 9.53 Å². The molecule has 0 aromatic heterocycles. The molecule has 0 unspecified atom stereocenters. The Labute approximate surface area is 93.0 Å². The van der Waals surface area contributed by atoms with Crippen LogP contribution in [0, 0.1) is 0 Å². The minimum Gasteiger partial charge on any atom is -0.496 e. The average molecular weight is 217 g/mol. The molecule has 16 heavy (non-hydrogen) atoms. The van der Waals surface area contributed by atoms with E-state index >= 15 is 0 Å². The van der Waals surface area contributed by atoms with Crippen LogP contribution in [0.3, 0.4) is 0 Å². The number of hydrogen-bond donors (Lipinski definition) is 0. The molecule has 0 fully saturated rings. The van der Waals surface area contributed by atoms with Crippen LogP contribution in [-0.2, 0) is 0 Å². The maximum Gasteiger partial charge on any atom is 0.153 e. The number of hydrogen-bond acceptors (Lipinski definition) is 3. The van der Waals surface area contributed by atoms with Crippen LogP contribution in [0.1, 0.15) is 15.9 Å². The van der Waals surface area contributed by atoms with Gasteiger partial charge in [-0.1, -0.05) is 23.3 Å². The number of methoxy groups -OCH3 is 1. The molecular formula is C11H11N3O2. The van der Waals surface area contributed by atoms with Crippen molar-refractivity contribution in [2.24, 2.45) is 5.11 Å². The van der Waals surface area contributed by atoms with Crippen molar-refractivity contribution in [3.63, 3.8) is 0 Å². The molecule has 0 amide bonds. The van der Waals surface area contributed by atoms with Crippen molar-refractivity contribution >= 4 is 12.4 Å². The van der Waals surface area contributed by atoms with E-state index < -0.39 is 0 Å². The molecular weight excluding hydrogens is 206 g/mol. The van der Waals surface area contributed by atoms with Crippen LogP contribution in [0.4, 0.5) is 0 Å². The van der Waals surface area contributed by atoms with E-state index in [0.29, 0.717) is 17.9 Å². The maximum absolute atomic E-state index is 10.7. The highest BCUT2D eigenvalue weighted by Crippen LogP contribution is 2.18. The minimum absolute atomic E-state index is 0.291. The van der Waals surface area contributed by atoms with Gasteiger partial charge in [0.05, 0.1) is 12.7 Å². The van der Waals surface area contributed by atoms with E-state index in [0.717, 1.165) is 11.8 Å². The van der Waals surface area contributed by atoms with Gasteiger partial charge in [-0.05, 0) is 23.2 Å². The first kappa shape index (κ1) is 11.8. The molecule has 0 saturated carbocycles. The Kier molecular flexibility index (Phi) is 4.63. The number of ether oxygens (including phenoxy) is 1. The number of nitrogens with zero attached hydrogens (tertiary/aromatic N) is 3.